The first-order chi connectivity index (χ1) is 16.2. The normalized spacial score (nSPS) is 19.2. The van der Waals surface area contributed by atoms with Crippen molar-refractivity contribution in [3.8, 4) is 0 Å². The average molecular weight is 448 g/mol. The molecule has 33 heavy (non-hydrogen) atoms. The molecule has 5 heterocycles. The van der Waals surface area contributed by atoms with Gasteiger partial charge in [0.15, 0.2) is 5.69 Å². The average Bonchev–Trinajstić information content (AvgIpc) is 3.25. The van der Waals surface area contributed by atoms with E-state index >= 15 is 0 Å². The van der Waals surface area contributed by atoms with Gasteiger partial charge in [-0.1, -0.05) is 6.07 Å². The van der Waals surface area contributed by atoms with E-state index in [1.54, 1.807) is 12.4 Å². The fourth-order valence-electron chi connectivity index (χ4n) is 5.10. The molecule has 0 radical (unpaired) electrons. The van der Waals surface area contributed by atoms with Gasteiger partial charge in [0.1, 0.15) is 5.65 Å². The van der Waals surface area contributed by atoms with Crippen molar-refractivity contribution in [3.63, 3.8) is 0 Å². The molecule has 2 aliphatic heterocycles. The maximum Gasteiger partial charge on any atom is 0.274 e. The van der Waals surface area contributed by atoms with Crippen molar-refractivity contribution in [3.05, 3.63) is 53.7 Å². The summed E-state index contributed by atoms with van der Waals surface area (Å²) < 4.78 is 2.09. The largest absolute Gasteiger partial charge is 0.341 e. The van der Waals surface area contributed by atoms with Crippen LogP contribution in [0.15, 0.2) is 36.8 Å². The molecule has 0 aliphatic carbocycles. The molecule has 3 aromatic rings. The Labute approximate surface area is 195 Å². The number of hydrogen-bond donors (Lipinski definition) is 1. The van der Waals surface area contributed by atoms with Crippen LogP contribution in [0.2, 0.25) is 0 Å². The van der Waals surface area contributed by atoms with E-state index in [1.807, 2.05) is 23.2 Å². The number of likely N-dealkylation sites (tertiary alicyclic amines) is 1. The third-order valence-corrected chi connectivity index (χ3v) is 6.87. The van der Waals surface area contributed by atoms with Crippen LogP contribution in [0.4, 0.5) is 5.95 Å². The highest BCUT2D eigenvalue weighted by atomic mass is 16.2. The van der Waals surface area contributed by atoms with Gasteiger partial charge >= 0.3 is 0 Å². The number of aromatic nitrogens is 4. The maximum absolute atomic E-state index is 13.4. The monoisotopic (exact) mass is 447 g/mol. The fourth-order valence-corrected chi connectivity index (χ4v) is 5.10. The van der Waals surface area contributed by atoms with Crippen LogP contribution in [0.3, 0.4) is 0 Å². The van der Waals surface area contributed by atoms with Gasteiger partial charge in [0.05, 0.1) is 5.69 Å². The smallest absolute Gasteiger partial charge is 0.274 e. The molecule has 0 saturated carbocycles. The van der Waals surface area contributed by atoms with Gasteiger partial charge in [0.2, 0.25) is 5.95 Å². The number of rotatable bonds is 6. The van der Waals surface area contributed by atoms with E-state index in [-0.39, 0.29) is 5.91 Å². The van der Waals surface area contributed by atoms with E-state index in [4.69, 9.17) is 4.98 Å². The summed E-state index contributed by atoms with van der Waals surface area (Å²) in [5.74, 6) is 1.40. The summed E-state index contributed by atoms with van der Waals surface area (Å²) >= 11 is 0. The molecule has 1 atom stereocenters. The van der Waals surface area contributed by atoms with Crippen molar-refractivity contribution in [1.82, 2.24) is 29.6 Å². The first kappa shape index (κ1) is 21.8. The summed E-state index contributed by atoms with van der Waals surface area (Å²) in [7, 11) is 0. The molecule has 174 valence electrons. The molecule has 2 saturated heterocycles. The number of hydrogen-bond acceptors (Lipinski definition) is 6. The standard InChI is InChI=1S/C25H33N7O/c1-19-8-5-15-32-21(22(29-23(19)32)24(33)30-12-3-2-4-13-30)17-26-16-20-9-6-14-31(18-20)25-27-10-7-11-28-25/h5,7-8,10-11,15,20,26H,2-4,6,9,12-14,16-18H2,1H3. The lowest BCUT2D eigenvalue weighted by Crippen LogP contribution is -2.40. The SMILES string of the molecule is Cc1cccn2c(CNCC3CCCN(c4ncccn4)C3)c(C(=O)N3CCCCC3)nc12. The molecule has 1 amide bonds. The predicted octanol–water partition coefficient (Wildman–Crippen LogP) is 3.07. The van der Waals surface area contributed by atoms with E-state index < -0.39 is 0 Å². The van der Waals surface area contributed by atoms with E-state index in [0.29, 0.717) is 18.2 Å². The Hall–Kier alpha value is -3.00. The molecule has 5 rings (SSSR count). The summed E-state index contributed by atoms with van der Waals surface area (Å²) in [6.07, 6.45) is 11.3. The van der Waals surface area contributed by atoms with Crippen LogP contribution in [-0.4, -0.2) is 62.9 Å². The summed E-state index contributed by atoms with van der Waals surface area (Å²) in [5.41, 5.74) is 3.52. The molecule has 8 nitrogen and oxygen atoms in total. The number of aryl methyl sites for hydroxylation is 1. The fraction of sp³-hybridized carbons (Fsp3) is 0.520. The van der Waals surface area contributed by atoms with Crippen LogP contribution in [0.1, 0.15) is 53.8 Å². The molecule has 8 heteroatoms. The number of pyridine rings is 1. The van der Waals surface area contributed by atoms with Gasteiger partial charge in [-0.3, -0.25) is 4.79 Å². The Balaban J connectivity index is 1.30. The molecule has 1 unspecified atom stereocenters. The molecule has 0 spiro atoms. The van der Waals surface area contributed by atoms with Gasteiger partial charge in [-0.25, -0.2) is 15.0 Å². The molecule has 2 aliphatic rings. The lowest BCUT2D eigenvalue weighted by Gasteiger charge is -2.32. The number of piperidine rings is 2. The first-order valence-corrected chi connectivity index (χ1v) is 12.2. The van der Waals surface area contributed by atoms with Crippen LogP contribution in [-0.2, 0) is 6.54 Å². The van der Waals surface area contributed by atoms with Crippen LogP contribution in [0.25, 0.3) is 5.65 Å². The van der Waals surface area contributed by atoms with E-state index in [1.165, 1.54) is 12.8 Å². The van der Waals surface area contributed by atoms with Gasteiger partial charge in [-0.15, -0.1) is 0 Å². The Morgan fingerprint density at radius 3 is 2.73 bits per heavy atom. The van der Waals surface area contributed by atoms with Crippen LogP contribution < -0.4 is 10.2 Å². The summed E-state index contributed by atoms with van der Waals surface area (Å²) in [6.45, 7) is 7.18. The molecular weight excluding hydrogens is 414 g/mol. The first-order valence-electron chi connectivity index (χ1n) is 12.2. The zero-order valence-electron chi connectivity index (χ0n) is 19.4. The molecule has 0 aromatic carbocycles. The quantitative estimate of drug-likeness (QED) is 0.626. The van der Waals surface area contributed by atoms with Crippen LogP contribution in [0.5, 0.6) is 0 Å². The highest BCUT2D eigenvalue weighted by molar-refractivity contribution is 5.94. The van der Waals surface area contributed by atoms with Crippen LogP contribution >= 0.6 is 0 Å². The second-order valence-electron chi connectivity index (χ2n) is 9.28. The Kier molecular flexibility index (Phi) is 6.53. The van der Waals surface area contributed by atoms with Gasteiger partial charge in [-0.05, 0) is 62.6 Å². The van der Waals surface area contributed by atoms with Crippen molar-refractivity contribution in [2.75, 3.05) is 37.6 Å². The van der Waals surface area contributed by atoms with E-state index in [0.717, 1.165) is 74.8 Å². The predicted molar refractivity (Wildman–Crippen MR) is 128 cm³/mol. The molecule has 0 bridgehead atoms. The topological polar surface area (TPSA) is 78.7 Å². The molecule has 1 N–H and O–H groups in total. The molecular formula is C25H33N7O. The Morgan fingerprint density at radius 1 is 1.09 bits per heavy atom. The number of amides is 1. The number of carbonyl (C=O) groups excluding carboxylic acids is 1. The van der Waals surface area contributed by atoms with Gasteiger partial charge in [-0.2, -0.15) is 0 Å². The molecule has 3 aromatic heterocycles. The van der Waals surface area contributed by atoms with Crippen molar-refractivity contribution in [1.29, 1.82) is 0 Å². The number of nitrogens with zero attached hydrogens (tertiary/aromatic N) is 6. The van der Waals surface area contributed by atoms with Crippen molar-refractivity contribution < 1.29 is 4.79 Å². The van der Waals surface area contributed by atoms with Gasteiger partial charge in [0.25, 0.3) is 5.91 Å². The number of fused-ring (bicyclic) bond motifs is 1. The van der Waals surface area contributed by atoms with Gasteiger partial charge in [0, 0.05) is 57.9 Å². The number of imidazole rings is 1. The number of anilines is 1. The van der Waals surface area contributed by atoms with Crippen molar-refractivity contribution >= 4 is 17.5 Å². The van der Waals surface area contributed by atoms with Crippen molar-refractivity contribution in [2.45, 2.75) is 45.6 Å². The third-order valence-electron chi connectivity index (χ3n) is 6.87. The second-order valence-corrected chi connectivity index (χ2v) is 9.28. The zero-order chi connectivity index (χ0) is 22.6. The number of nitrogens with one attached hydrogen (secondary N) is 1. The minimum Gasteiger partial charge on any atom is -0.341 e. The van der Waals surface area contributed by atoms with Crippen LogP contribution in [0, 0.1) is 12.8 Å². The summed E-state index contributed by atoms with van der Waals surface area (Å²) in [5, 5.41) is 3.64. The zero-order valence-corrected chi connectivity index (χ0v) is 19.4. The van der Waals surface area contributed by atoms with Crippen molar-refractivity contribution in [2.24, 2.45) is 5.92 Å². The Morgan fingerprint density at radius 2 is 1.91 bits per heavy atom. The highest BCUT2D eigenvalue weighted by Gasteiger charge is 2.26. The summed E-state index contributed by atoms with van der Waals surface area (Å²) in [4.78, 5) is 31.3. The lowest BCUT2D eigenvalue weighted by atomic mass is 9.98. The summed E-state index contributed by atoms with van der Waals surface area (Å²) in [6, 6.07) is 5.94. The van der Waals surface area contributed by atoms with Gasteiger partial charge < -0.3 is 19.5 Å². The minimum atomic E-state index is 0.0691. The maximum atomic E-state index is 13.4. The third kappa shape index (κ3) is 4.71. The van der Waals surface area contributed by atoms with E-state index in [2.05, 4.69) is 37.6 Å². The number of carbonyl (C=O) groups is 1. The second kappa shape index (κ2) is 9.87. The van der Waals surface area contributed by atoms with E-state index in [9.17, 15) is 4.79 Å². The Bertz CT molecular complexity index is 1090. The highest BCUT2D eigenvalue weighted by Crippen LogP contribution is 2.22. The lowest BCUT2D eigenvalue weighted by molar-refractivity contribution is 0.0717. The minimum absolute atomic E-state index is 0.0691. The molecule has 2 fully saturated rings.